The summed E-state index contributed by atoms with van der Waals surface area (Å²) in [6.07, 6.45) is 0. The van der Waals surface area contributed by atoms with Gasteiger partial charge in [-0.05, 0) is 12.1 Å². The molecule has 0 bridgehead atoms. The highest BCUT2D eigenvalue weighted by Gasteiger charge is 2.13. The van der Waals surface area contributed by atoms with Crippen LogP contribution in [-0.2, 0) is 0 Å². The third-order valence-electron chi connectivity index (χ3n) is 6.92. The van der Waals surface area contributed by atoms with E-state index in [1.54, 1.807) is 0 Å². The van der Waals surface area contributed by atoms with Crippen molar-refractivity contribution in [1.29, 1.82) is 0 Å². The molecular weight excluding hydrogens is 488 g/mol. The quantitative estimate of drug-likeness (QED) is 0.231. The summed E-state index contributed by atoms with van der Waals surface area (Å²) >= 11 is 0. The fraction of sp³-hybridized carbons (Fsp3) is 0. The van der Waals surface area contributed by atoms with Crippen molar-refractivity contribution >= 4 is 10.9 Å². The van der Waals surface area contributed by atoms with Crippen LogP contribution in [0.2, 0.25) is 0 Å². The van der Waals surface area contributed by atoms with Gasteiger partial charge in [-0.3, -0.25) is 0 Å². The lowest BCUT2D eigenvalue weighted by molar-refractivity contribution is 1.18. The molecule has 0 fully saturated rings. The van der Waals surface area contributed by atoms with Crippen molar-refractivity contribution in [3.63, 3.8) is 0 Å². The van der Waals surface area contributed by atoms with Crippen molar-refractivity contribution in [3.8, 4) is 56.5 Å². The van der Waals surface area contributed by atoms with E-state index in [1.807, 2.05) is 84.9 Å². The molecule has 5 aromatic carbocycles. The van der Waals surface area contributed by atoms with Crippen LogP contribution in [0.25, 0.3) is 67.5 Å². The Balaban J connectivity index is 1.32. The number of benzene rings is 5. The van der Waals surface area contributed by atoms with Crippen molar-refractivity contribution in [2.24, 2.45) is 0 Å². The van der Waals surface area contributed by atoms with E-state index >= 15 is 0 Å². The van der Waals surface area contributed by atoms with Gasteiger partial charge in [-0.2, -0.15) is 0 Å². The lowest BCUT2D eigenvalue weighted by atomic mass is 10.0. The first-order valence-electron chi connectivity index (χ1n) is 13.2. The maximum atomic E-state index is 5.01. The van der Waals surface area contributed by atoms with Crippen LogP contribution in [0, 0.1) is 0 Å². The Hall–Kier alpha value is -5.48. The molecule has 0 atom stereocenters. The van der Waals surface area contributed by atoms with Crippen LogP contribution >= 0.6 is 0 Å². The second-order valence-electron chi connectivity index (χ2n) is 9.55. The molecule has 0 aliphatic carbocycles. The van der Waals surface area contributed by atoms with Crippen LogP contribution in [-0.4, -0.2) is 19.9 Å². The van der Waals surface area contributed by atoms with Gasteiger partial charge in [0.1, 0.15) is 0 Å². The zero-order chi connectivity index (χ0) is 26.7. The summed E-state index contributed by atoms with van der Waals surface area (Å²) < 4.78 is 0. The lowest BCUT2D eigenvalue weighted by Crippen LogP contribution is -1.97. The van der Waals surface area contributed by atoms with Crippen molar-refractivity contribution in [1.82, 2.24) is 19.9 Å². The molecule has 0 spiro atoms. The number of nitrogens with zero attached hydrogens (tertiary/aromatic N) is 4. The third kappa shape index (κ3) is 4.63. The van der Waals surface area contributed by atoms with Gasteiger partial charge in [0.15, 0.2) is 11.6 Å². The van der Waals surface area contributed by atoms with Crippen molar-refractivity contribution in [2.75, 3.05) is 0 Å². The van der Waals surface area contributed by atoms with Gasteiger partial charge in [0, 0.05) is 33.2 Å². The van der Waals surface area contributed by atoms with E-state index in [4.69, 9.17) is 19.9 Å². The van der Waals surface area contributed by atoms with Crippen molar-refractivity contribution in [3.05, 3.63) is 146 Å². The summed E-state index contributed by atoms with van der Waals surface area (Å²) in [7, 11) is 0. The largest absolute Gasteiger partial charge is 0.228 e. The molecule has 2 aromatic heterocycles. The predicted octanol–water partition coefficient (Wildman–Crippen LogP) is 8.75. The number of hydrogen-bond acceptors (Lipinski definition) is 4. The van der Waals surface area contributed by atoms with Crippen LogP contribution < -0.4 is 0 Å². The zero-order valence-corrected chi connectivity index (χ0v) is 21.6. The van der Waals surface area contributed by atoms with Gasteiger partial charge in [0.2, 0.25) is 0 Å². The Labute approximate surface area is 232 Å². The minimum Gasteiger partial charge on any atom is -0.228 e. The summed E-state index contributed by atoms with van der Waals surface area (Å²) in [4.78, 5) is 19.8. The van der Waals surface area contributed by atoms with E-state index in [-0.39, 0.29) is 0 Å². The van der Waals surface area contributed by atoms with E-state index in [2.05, 4.69) is 60.7 Å². The van der Waals surface area contributed by atoms with Gasteiger partial charge in [0.25, 0.3) is 0 Å². The third-order valence-corrected chi connectivity index (χ3v) is 6.92. The molecule has 7 rings (SSSR count). The molecule has 188 valence electrons. The minimum atomic E-state index is 0.696. The number of aromatic nitrogens is 4. The Bertz CT molecular complexity index is 1860. The van der Waals surface area contributed by atoms with Crippen LogP contribution in [0.5, 0.6) is 0 Å². The fourth-order valence-electron chi connectivity index (χ4n) is 4.88. The summed E-state index contributed by atoms with van der Waals surface area (Å²) in [6.45, 7) is 0. The first kappa shape index (κ1) is 23.6. The van der Waals surface area contributed by atoms with Gasteiger partial charge in [0.05, 0.1) is 22.6 Å². The summed E-state index contributed by atoms with van der Waals surface area (Å²) in [5, 5.41) is 1.04. The first-order valence-corrected chi connectivity index (χ1v) is 13.2. The first-order chi connectivity index (χ1) is 19.8. The van der Waals surface area contributed by atoms with E-state index in [0.717, 1.165) is 55.8 Å². The second kappa shape index (κ2) is 10.4. The number of para-hydroxylation sites is 1. The Morgan fingerprint density at radius 3 is 1.43 bits per heavy atom. The van der Waals surface area contributed by atoms with Gasteiger partial charge in [-0.15, -0.1) is 0 Å². The zero-order valence-electron chi connectivity index (χ0n) is 21.6. The second-order valence-corrected chi connectivity index (χ2v) is 9.55. The average molecular weight is 513 g/mol. The van der Waals surface area contributed by atoms with Crippen LogP contribution in [0.3, 0.4) is 0 Å². The Morgan fingerprint density at radius 1 is 0.325 bits per heavy atom. The summed E-state index contributed by atoms with van der Waals surface area (Å²) in [5.74, 6) is 1.40. The van der Waals surface area contributed by atoms with E-state index in [9.17, 15) is 0 Å². The molecule has 0 unspecified atom stereocenters. The number of rotatable bonds is 5. The Morgan fingerprint density at radius 2 is 0.775 bits per heavy atom. The highest BCUT2D eigenvalue weighted by Crippen LogP contribution is 2.31. The maximum absolute atomic E-state index is 5.01. The summed E-state index contributed by atoms with van der Waals surface area (Å²) in [6, 6.07) is 49.1. The van der Waals surface area contributed by atoms with Crippen LogP contribution in [0.15, 0.2) is 146 Å². The average Bonchev–Trinajstić information content (AvgIpc) is 3.05. The van der Waals surface area contributed by atoms with Gasteiger partial charge >= 0.3 is 0 Å². The molecule has 0 radical (unpaired) electrons. The van der Waals surface area contributed by atoms with Gasteiger partial charge < -0.3 is 0 Å². The fourth-order valence-corrected chi connectivity index (χ4v) is 4.88. The maximum Gasteiger partial charge on any atom is 0.160 e. The molecule has 0 aliphatic rings. The standard InChI is InChI=1S/C36H24N4/c1-4-12-25(13-5-1)32-24-33(39-35(38-32)28-16-8-3-9-17-28)26-20-22-29(23-21-26)36-37-31-19-11-10-18-30(31)34(40-36)27-14-6-2-7-15-27/h1-24H. The van der Waals surface area contributed by atoms with Crippen LogP contribution in [0.4, 0.5) is 0 Å². The molecule has 0 amide bonds. The van der Waals surface area contributed by atoms with E-state index in [1.165, 1.54) is 0 Å². The molecular formula is C36H24N4. The van der Waals surface area contributed by atoms with Crippen molar-refractivity contribution < 1.29 is 0 Å². The molecule has 4 nitrogen and oxygen atoms in total. The van der Waals surface area contributed by atoms with Crippen molar-refractivity contribution in [2.45, 2.75) is 0 Å². The molecule has 4 heteroatoms. The van der Waals surface area contributed by atoms with Gasteiger partial charge in [-0.25, -0.2) is 19.9 Å². The van der Waals surface area contributed by atoms with Crippen LogP contribution in [0.1, 0.15) is 0 Å². The molecule has 0 N–H and O–H groups in total. The van der Waals surface area contributed by atoms with E-state index < -0.39 is 0 Å². The topological polar surface area (TPSA) is 51.6 Å². The lowest BCUT2D eigenvalue weighted by Gasteiger charge is -2.11. The molecule has 40 heavy (non-hydrogen) atoms. The number of hydrogen-bond donors (Lipinski definition) is 0. The molecule has 0 aliphatic heterocycles. The van der Waals surface area contributed by atoms with E-state index in [0.29, 0.717) is 11.6 Å². The summed E-state index contributed by atoms with van der Waals surface area (Å²) in [5.41, 5.74) is 8.67. The minimum absolute atomic E-state index is 0.696. The predicted molar refractivity (Wildman–Crippen MR) is 162 cm³/mol. The smallest absolute Gasteiger partial charge is 0.160 e. The highest BCUT2D eigenvalue weighted by atomic mass is 14.9. The Kier molecular flexibility index (Phi) is 6.11. The van der Waals surface area contributed by atoms with Gasteiger partial charge in [-0.1, -0.05) is 133 Å². The monoisotopic (exact) mass is 512 g/mol. The number of fused-ring (bicyclic) bond motifs is 1. The SMILES string of the molecule is c1ccc(-c2cc(-c3ccc(-c4nc(-c5ccccc5)c5ccccc5n4)cc3)nc(-c3ccccc3)n2)cc1. The molecule has 2 heterocycles. The normalized spacial score (nSPS) is 11.0. The molecule has 0 saturated carbocycles. The highest BCUT2D eigenvalue weighted by molar-refractivity contribution is 5.93. The molecule has 7 aromatic rings. The molecule has 0 saturated heterocycles.